The van der Waals surface area contributed by atoms with Gasteiger partial charge in [-0.1, -0.05) is 60.2 Å². The summed E-state index contributed by atoms with van der Waals surface area (Å²) in [5.41, 5.74) is 3.89. The molecular weight excluding hydrogens is 528 g/mol. The number of aliphatic hydroxyl groups excluding tert-OH is 2. The summed E-state index contributed by atoms with van der Waals surface area (Å²) in [4.78, 5) is 3.46. The first-order chi connectivity index (χ1) is 19.0. The Morgan fingerprint density at radius 1 is 1.15 bits per heavy atom. The van der Waals surface area contributed by atoms with E-state index in [9.17, 15) is 10.2 Å². The molecule has 1 saturated heterocycles. The molecule has 0 radical (unpaired) electrons. The van der Waals surface area contributed by atoms with E-state index in [0.29, 0.717) is 30.3 Å². The fourth-order valence-electron chi connectivity index (χ4n) is 6.57. The number of rotatable bonds is 7. The molecule has 0 amide bonds. The molecule has 2 aromatic rings. The predicted molar refractivity (Wildman–Crippen MR) is 157 cm³/mol. The maximum atomic E-state index is 11.7. The number of piperidine rings is 1. The zero-order valence-electron chi connectivity index (χ0n) is 21.9. The third-order valence-electron chi connectivity index (χ3n) is 8.39. The van der Waals surface area contributed by atoms with Gasteiger partial charge in [0.25, 0.3) is 0 Å². The molecule has 0 saturated carbocycles. The van der Waals surface area contributed by atoms with Gasteiger partial charge in [-0.05, 0) is 59.2 Å². The summed E-state index contributed by atoms with van der Waals surface area (Å²) in [5.74, 6) is 0.674. The molecule has 1 aliphatic heterocycles. The van der Waals surface area contributed by atoms with E-state index >= 15 is 0 Å². The largest absolute Gasteiger partial charge is 0.508 e. The number of aliphatic hydroxyl groups is 2. The summed E-state index contributed by atoms with van der Waals surface area (Å²) in [6.45, 7) is 2.02. The Kier molecular flexibility index (Phi) is 7.40. The number of fused-ring (bicyclic) bond motifs is 3. The molecule has 4 aliphatic rings. The van der Waals surface area contributed by atoms with Gasteiger partial charge in [0, 0.05) is 58.6 Å². The number of hydrogen-bond donors (Lipinski definition) is 3. The van der Waals surface area contributed by atoms with Crippen LogP contribution in [-0.4, -0.2) is 41.0 Å². The van der Waals surface area contributed by atoms with Crippen molar-refractivity contribution in [3.05, 3.63) is 128 Å². The van der Waals surface area contributed by atoms with Crippen molar-refractivity contribution in [1.82, 2.24) is 10.2 Å². The van der Waals surface area contributed by atoms with Crippen molar-refractivity contribution in [3.8, 4) is 0 Å². The lowest BCUT2D eigenvalue weighted by Crippen LogP contribution is -2.62. The van der Waals surface area contributed by atoms with Crippen molar-refractivity contribution in [2.24, 2.45) is 11.3 Å². The van der Waals surface area contributed by atoms with E-state index in [1.165, 1.54) is 10.5 Å². The van der Waals surface area contributed by atoms with Crippen LogP contribution in [0.2, 0.25) is 5.02 Å². The van der Waals surface area contributed by atoms with E-state index < -0.39 is 6.23 Å². The van der Waals surface area contributed by atoms with Crippen LogP contribution in [0.25, 0.3) is 0 Å². The van der Waals surface area contributed by atoms with E-state index in [2.05, 4.69) is 58.1 Å². The molecule has 39 heavy (non-hydrogen) atoms. The van der Waals surface area contributed by atoms with Gasteiger partial charge < -0.3 is 20.3 Å². The van der Waals surface area contributed by atoms with E-state index in [1.807, 2.05) is 30.3 Å². The normalized spacial score (nSPS) is 29.7. The number of hydrogen-bond acceptors (Lipinski definition) is 6. The Morgan fingerprint density at radius 2 is 1.97 bits per heavy atom. The second kappa shape index (κ2) is 11.0. The summed E-state index contributed by atoms with van der Waals surface area (Å²) < 4.78 is 5.62. The van der Waals surface area contributed by atoms with Crippen molar-refractivity contribution in [2.45, 2.75) is 38.2 Å². The molecule has 2 heterocycles. The lowest BCUT2D eigenvalue weighted by molar-refractivity contribution is -0.0985. The average Bonchev–Trinajstić information content (AvgIpc) is 3.40. The fourth-order valence-corrected chi connectivity index (χ4v) is 7.38. The highest BCUT2D eigenvalue weighted by atomic mass is 35.5. The Hall–Kier alpha value is -2.87. The van der Waals surface area contributed by atoms with Crippen LogP contribution >= 0.6 is 22.9 Å². The molecule has 202 valence electrons. The minimum Gasteiger partial charge on any atom is -0.508 e. The Balaban J connectivity index is 1.50. The van der Waals surface area contributed by atoms with Gasteiger partial charge in [-0.15, -0.1) is 11.3 Å². The first-order valence-corrected chi connectivity index (χ1v) is 14.6. The second-order valence-corrected chi connectivity index (χ2v) is 12.1. The van der Waals surface area contributed by atoms with Crippen LogP contribution < -0.4 is 5.32 Å². The molecule has 3 N–H and O–H groups in total. The van der Waals surface area contributed by atoms with Crippen LogP contribution in [-0.2, 0) is 17.8 Å². The molecule has 1 aromatic heterocycles. The van der Waals surface area contributed by atoms with Gasteiger partial charge in [-0.25, -0.2) is 0 Å². The Labute approximate surface area is 238 Å². The summed E-state index contributed by atoms with van der Waals surface area (Å²) in [6, 6.07) is 11.8. The molecule has 3 aliphatic carbocycles. The molecular formula is C32H33ClN2O3S. The number of methoxy groups -OCH3 is 1. The standard InChI is InChI=1S/C32H33ClN2O3S/c1-38-25-15-22-5-2-3-6-23-16-27(22)30(28(36)17-25)31-32(23,20-34-18-26-7-4-14-39-26)13-12-29(37)35(31)19-21-8-10-24(33)11-9-21/h2-11,14-17,27,29,31,34,36-37H,12-13,18-20H2,1H3/b5-2-,6-3-. The molecule has 0 spiro atoms. The molecule has 2 bridgehead atoms. The van der Waals surface area contributed by atoms with E-state index in [0.717, 1.165) is 29.7 Å². The van der Waals surface area contributed by atoms with Crippen molar-refractivity contribution in [3.63, 3.8) is 0 Å². The third kappa shape index (κ3) is 4.96. The van der Waals surface area contributed by atoms with Crippen LogP contribution in [0.15, 0.2) is 113 Å². The minimum absolute atomic E-state index is 0.140. The molecule has 4 unspecified atom stereocenters. The van der Waals surface area contributed by atoms with Gasteiger partial charge in [0.1, 0.15) is 17.7 Å². The van der Waals surface area contributed by atoms with Crippen LogP contribution in [0.1, 0.15) is 23.3 Å². The first kappa shape index (κ1) is 26.4. The number of thiophene rings is 1. The number of benzene rings is 1. The molecule has 7 heteroatoms. The lowest BCUT2D eigenvalue weighted by Gasteiger charge is -2.57. The summed E-state index contributed by atoms with van der Waals surface area (Å²) in [7, 11) is 1.62. The minimum atomic E-state index is -0.652. The maximum Gasteiger partial charge on any atom is 0.122 e. The van der Waals surface area contributed by atoms with Crippen LogP contribution in [0.3, 0.4) is 0 Å². The predicted octanol–water partition coefficient (Wildman–Crippen LogP) is 6.43. The number of nitrogens with one attached hydrogen (secondary N) is 1. The van der Waals surface area contributed by atoms with Gasteiger partial charge in [0.05, 0.1) is 7.11 Å². The Bertz CT molecular complexity index is 1400. The van der Waals surface area contributed by atoms with Crippen LogP contribution in [0, 0.1) is 11.3 Å². The lowest BCUT2D eigenvalue weighted by atomic mass is 9.58. The third-order valence-corrected chi connectivity index (χ3v) is 9.52. The molecule has 4 atom stereocenters. The summed E-state index contributed by atoms with van der Waals surface area (Å²) in [6.07, 6.45) is 15.3. The number of nitrogens with zero attached hydrogens (tertiary/aromatic N) is 1. The number of halogens is 1. The van der Waals surface area contributed by atoms with Gasteiger partial charge in [0.15, 0.2) is 0 Å². The quantitative estimate of drug-likeness (QED) is 0.364. The highest BCUT2D eigenvalue weighted by molar-refractivity contribution is 7.09. The maximum absolute atomic E-state index is 11.7. The number of ether oxygens (including phenoxy) is 1. The second-order valence-electron chi connectivity index (χ2n) is 10.6. The zero-order valence-corrected chi connectivity index (χ0v) is 23.5. The summed E-state index contributed by atoms with van der Waals surface area (Å²) >= 11 is 7.94. The SMILES string of the molecule is COC1=CC(O)=C2C3C=C(/C=C\C=C/C3=C1)C1(CNCc3cccs3)CCC(O)N(Cc3ccc(Cl)cc3)C21. The van der Waals surface area contributed by atoms with E-state index in [1.54, 1.807) is 24.5 Å². The van der Waals surface area contributed by atoms with Gasteiger partial charge >= 0.3 is 0 Å². The van der Waals surface area contributed by atoms with Gasteiger partial charge in [-0.3, -0.25) is 4.90 Å². The Morgan fingerprint density at radius 3 is 2.74 bits per heavy atom. The zero-order chi connectivity index (χ0) is 27.0. The van der Waals surface area contributed by atoms with Gasteiger partial charge in [0.2, 0.25) is 0 Å². The summed E-state index contributed by atoms with van der Waals surface area (Å²) in [5, 5.41) is 29.7. The van der Waals surface area contributed by atoms with E-state index in [-0.39, 0.29) is 23.1 Å². The highest BCUT2D eigenvalue weighted by Crippen LogP contribution is 2.55. The van der Waals surface area contributed by atoms with Crippen molar-refractivity contribution >= 4 is 22.9 Å². The van der Waals surface area contributed by atoms with E-state index in [4.69, 9.17) is 16.3 Å². The van der Waals surface area contributed by atoms with Gasteiger partial charge in [-0.2, -0.15) is 0 Å². The van der Waals surface area contributed by atoms with Crippen LogP contribution in [0.5, 0.6) is 0 Å². The van der Waals surface area contributed by atoms with Crippen molar-refractivity contribution in [1.29, 1.82) is 0 Å². The fraction of sp³-hybridized carbons (Fsp3) is 0.312. The first-order valence-electron chi connectivity index (χ1n) is 13.4. The monoisotopic (exact) mass is 560 g/mol. The molecule has 1 fully saturated rings. The average molecular weight is 561 g/mol. The number of likely N-dealkylation sites (tertiary alicyclic amines) is 1. The van der Waals surface area contributed by atoms with Crippen molar-refractivity contribution < 1.29 is 14.9 Å². The van der Waals surface area contributed by atoms with Crippen molar-refractivity contribution in [2.75, 3.05) is 13.7 Å². The smallest absolute Gasteiger partial charge is 0.122 e. The highest BCUT2D eigenvalue weighted by Gasteiger charge is 2.55. The number of allylic oxidation sites excluding steroid dienone is 8. The van der Waals surface area contributed by atoms with Crippen LogP contribution in [0.4, 0.5) is 0 Å². The molecule has 1 aromatic carbocycles. The topological polar surface area (TPSA) is 65.0 Å². The molecule has 5 nitrogen and oxygen atoms in total. The molecule has 6 rings (SSSR count).